The lowest BCUT2D eigenvalue weighted by Crippen LogP contribution is -2.40. The third-order valence-corrected chi connectivity index (χ3v) is 3.66. The van der Waals surface area contributed by atoms with E-state index >= 15 is 0 Å². The third kappa shape index (κ3) is 3.71. The van der Waals surface area contributed by atoms with Gasteiger partial charge in [0.15, 0.2) is 0 Å². The van der Waals surface area contributed by atoms with Crippen molar-refractivity contribution in [1.29, 1.82) is 0 Å². The van der Waals surface area contributed by atoms with Crippen LogP contribution in [0.4, 0.5) is 13.2 Å². The van der Waals surface area contributed by atoms with Gasteiger partial charge in [0.05, 0.1) is 12.1 Å². The molecule has 3 nitrogen and oxygen atoms in total. The largest absolute Gasteiger partial charge is 0.372 e. The van der Waals surface area contributed by atoms with E-state index in [9.17, 15) is 18.0 Å². The zero-order valence-corrected chi connectivity index (χ0v) is 12.7. The number of hydrogen-bond donors (Lipinski definition) is 1. The van der Waals surface area contributed by atoms with Crippen molar-refractivity contribution in [3.05, 3.63) is 71.0 Å². The first kappa shape index (κ1) is 17.0. The highest BCUT2D eigenvalue weighted by molar-refractivity contribution is 5.94. The van der Waals surface area contributed by atoms with Gasteiger partial charge in [-0.1, -0.05) is 18.2 Å². The minimum absolute atomic E-state index is 0.0833. The monoisotopic (exact) mass is 323 g/mol. The standard InChI is InChI=1S/C17H16F3NO2/c1-17(23-2,13-5-3-4-6-14(13)19)10-21-16(22)12-8-7-11(18)9-15(12)20/h3-9H,10H2,1-2H3,(H,21,22). The highest BCUT2D eigenvalue weighted by Gasteiger charge is 2.30. The number of benzene rings is 2. The molecular weight excluding hydrogens is 307 g/mol. The molecule has 0 aliphatic rings. The molecule has 0 aromatic heterocycles. The lowest BCUT2D eigenvalue weighted by atomic mass is 9.95. The summed E-state index contributed by atoms with van der Waals surface area (Å²) in [7, 11) is 1.39. The van der Waals surface area contributed by atoms with Crippen LogP contribution in [-0.4, -0.2) is 19.6 Å². The molecule has 0 radical (unpaired) electrons. The average Bonchev–Trinajstić information content (AvgIpc) is 2.52. The van der Waals surface area contributed by atoms with Gasteiger partial charge in [0.25, 0.3) is 5.91 Å². The van der Waals surface area contributed by atoms with Crippen molar-refractivity contribution < 1.29 is 22.7 Å². The lowest BCUT2D eigenvalue weighted by molar-refractivity contribution is 0.000352. The Kier molecular flexibility index (Phi) is 5.05. The van der Waals surface area contributed by atoms with Crippen LogP contribution in [0.5, 0.6) is 0 Å². The number of ether oxygens (including phenoxy) is 1. The number of hydrogen-bond acceptors (Lipinski definition) is 2. The van der Waals surface area contributed by atoms with E-state index in [1.54, 1.807) is 25.1 Å². The molecule has 0 heterocycles. The van der Waals surface area contributed by atoms with Crippen LogP contribution < -0.4 is 5.32 Å². The molecule has 1 unspecified atom stereocenters. The quantitative estimate of drug-likeness (QED) is 0.916. The van der Waals surface area contributed by atoms with Gasteiger partial charge in [-0.15, -0.1) is 0 Å². The van der Waals surface area contributed by atoms with Gasteiger partial charge in [-0.05, 0) is 25.1 Å². The number of methoxy groups -OCH3 is 1. The minimum atomic E-state index is -1.13. The van der Waals surface area contributed by atoms with E-state index in [2.05, 4.69) is 5.32 Å². The second kappa shape index (κ2) is 6.83. The molecule has 0 saturated carbocycles. The number of amides is 1. The van der Waals surface area contributed by atoms with Crippen molar-refractivity contribution in [1.82, 2.24) is 5.32 Å². The maximum absolute atomic E-state index is 13.9. The molecule has 0 fully saturated rings. The van der Waals surface area contributed by atoms with Crippen LogP contribution in [0.2, 0.25) is 0 Å². The van der Waals surface area contributed by atoms with E-state index in [1.807, 2.05) is 0 Å². The molecule has 2 rings (SSSR count). The second-order valence-corrected chi connectivity index (χ2v) is 5.22. The molecule has 0 bridgehead atoms. The van der Waals surface area contributed by atoms with Gasteiger partial charge in [-0.3, -0.25) is 4.79 Å². The Labute approximate surface area is 132 Å². The molecule has 0 saturated heterocycles. The van der Waals surface area contributed by atoms with Crippen LogP contribution in [0.25, 0.3) is 0 Å². The van der Waals surface area contributed by atoms with Gasteiger partial charge in [-0.2, -0.15) is 0 Å². The van der Waals surface area contributed by atoms with E-state index in [-0.39, 0.29) is 17.7 Å². The number of carbonyl (C=O) groups is 1. The number of nitrogens with one attached hydrogen (secondary N) is 1. The summed E-state index contributed by atoms with van der Waals surface area (Å²) in [5.74, 6) is -2.94. The van der Waals surface area contributed by atoms with E-state index in [0.29, 0.717) is 6.07 Å². The molecule has 1 amide bonds. The van der Waals surface area contributed by atoms with E-state index in [4.69, 9.17) is 4.74 Å². The first-order valence-electron chi connectivity index (χ1n) is 6.91. The van der Waals surface area contributed by atoms with Gasteiger partial charge in [0, 0.05) is 18.7 Å². The van der Waals surface area contributed by atoms with Gasteiger partial charge in [0.1, 0.15) is 23.1 Å². The Morgan fingerprint density at radius 2 is 1.83 bits per heavy atom. The summed E-state index contributed by atoms with van der Waals surface area (Å²) >= 11 is 0. The SMILES string of the molecule is COC(C)(CNC(=O)c1ccc(F)cc1F)c1ccccc1F. The van der Waals surface area contributed by atoms with Crippen LogP contribution in [0, 0.1) is 17.5 Å². The average molecular weight is 323 g/mol. The van der Waals surface area contributed by atoms with Crippen molar-refractivity contribution in [3.63, 3.8) is 0 Å². The summed E-state index contributed by atoms with van der Waals surface area (Å²) in [4.78, 5) is 12.0. The zero-order valence-electron chi connectivity index (χ0n) is 12.7. The molecule has 2 aromatic rings. The maximum atomic E-state index is 13.9. The molecule has 1 atom stereocenters. The number of halogens is 3. The van der Waals surface area contributed by atoms with E-state index in [0.717, 1.165) is 12.1 Å². The topological polar surface area (TPSA) is 38.3 Å². The highest BCUT2D eigenvalue weighted by atomic mass is 19.1. The first-order chi connectivity index (χ1) is 10.9. The molecule has 122 valence electrons. The predicted octanol–water partition coefficient (Wildman–Crippen LogP) is 3.40. The lowest BCUT2D eigenvalue weighted by Gasteiger charge is -2.29. The van der Waals surface area contributed by atoms with Crippen LogP contribution in [0.3, 0.4) is 0 Å². The summed E-state index contributed by atoms with van der Waals surface area (Å²) in [6.45, 7) is 1.52. The Hall–Kier alpha value is -2.34. The van der Waals surface area contributed by atoms with Crippen LogP contribution in [0.1, 0.15) is 22.8 Å². The maximum Gasteiger partial charge on any atom is 0.254 e. The van der Waals surface area contributed by atoms with Crippen molar-refractivity contribution in [2.75, 3.05) is 13.7 Å². The fraction of sp³-hybridized carbons (Fsp3) is 0.235. The van der Waals surface area contributed by atoms with Gasteiger partial charge in [0.2, 0.25) is 0 Å². The molecule has 2 aromatic carbocycles. The summed E-state index contributed by atoms with van der Waals surface area (Å²) < 4.78 is 45.7. The summed E-state index contributed by atoms with van der Waals surface area (Å²) in [5, 5.41) is 2.48. The number of rotatable bonds is 5. The fourth-order valence-corrected chi connectivity index (χ4v) is 2.19. The Balaban J connectivity index is 2.17. The predicted molar refractivity (Wildman–Crippen MR) is 79.5 cm³/mol. The second-order valence-electron chi connectivity index (χ2n) is 5.22. The van der Waals surface area contributed by atoms with Crippen LogP contribution >= 0.6 is 0 Å². The number of carbonyl (C=O) groups excluding carboxylic acids is 1. The van der Waals surface area contributed by atoms with Gasteiger partial charge >= 0.3 is 0 Å². The molecule has 23 heavy (non-hydrogen) atoms. The normalized spacial score (nSPS) is 13.4. The fourth-order valence-electron chi connectivity index (χ4n) is 2.19. The van der Waals surface area contributed by atoms with Gasteiger partial charge in [-0.25, -0.2) is 13.2 Å². The van der Waals surface area contributed by atoms with E-state index < -0.39 is 29.0 Å². The summed E-state index contributed by atoms with van der Waals surface area (Å²) in [6.07, 6.45) is 0. The Morgan fingerprint density at radius 1 is 1.13 bits per heavy atom. The van der Waals surface area contributed by atoms with Crippen LogP contribution in [-0.2, 0) is 10.3 Å². The molecule has 1 N–H and O–H groups in total. The molecule has 0 aliphatic carbocycles. The molecule has 0 spiro atoms. The molecule has 0 aliphatic heterocycles. The van der Waals surface area contributed by atoms with Crippen molar-refractivity contribution in [3.8, 4) is 0 Å². The van der Waals surface area contributed by atoms with Crippen molar-refractivity contribution >= 4 is 5.91 Å². The van der Waals surface area contributed by atoms with Crippen molar-refractivity contribution in [2.24, 2.45) is 0 Å². The smallest absolute Gasteiger partial charge is 0.254 e. The minimum Gasteiger partial charge on any atom is -0.372 e. The van der Waals surface area contributed by atoms with E-state index in [1.165, 1.54) is 13.2 Å². The molecule has 6 heteroatoms. The summed E-state index contributed by atoms with van der Waals surface area (Å²) in [6, 6.07) is 8.69. The Bertz CT molecular complexity index is 721. The highest BCUT2D eigenvalue weighted by Crippen LogP contribution is 2.26. The van der Waals surface area contributed by atoms with Gasteiger partial charge < -0.3 is 10.1 Å². The van der Waals surface area contributed by atoms with Crippen molar-refractivity contribution in [2.45, 2.75) is 12.5 Å². The Morgan fingerprint density at radius 3 is 2.43 bits per heavy atom. The third-order valence-electron chi connectivity index (χ3n) is 3.66. The molecular formula is C17H16F3NO2. The first-order valence-corrected chi connectivity index (χ1v) is 6.91. The summed E-state index contributed by atoms with van der Waals surface area (Å²) in [5.41, 5.74) is -1.15. The van der Waals surface area contributed by atoms with Crippen LogP contribution in [0.15, 0.2) is 42.5 Å². The zero-order chi connectivity index (χ0) is 17.0.